The lowest BCUT2D eigenvalue weighted by atomic mass is 10.00. The molecule has 0 aliphatic heterocycles. The smallest absolute Gasteiger partial charge is 0.333 e. The highest BCUT2D eigenvalue weighted by atomic mass is 35.5. The van der Waals surface area contributed by atoms with E-state index >= 15 is 0 Å². The van der Waals surface area contributed by atoms with Crippen molar-refractivity contribution in [2.24, 2.45) is 5.73 Å². The summed E-state index contributed by atoms with van der Waals surface area (Å²) in [5, 5.41) is 49.6. The van der Waals surface area contributed by atoms with Crippen molar-refractivity contribution in [3.05, 3.63) is 148 Å². The molecule has 73 heavy (non-hydrogen) atoms. The Kier molecular flexibility index (Phi) is 18.0. The molecule has 2 atom stereocenters. The van der Waals surface area contributed by atoms with Gasteiger partial charge in [0.2, 0.25) is 5.91 Å². The highest BCUT2D eigenvalue weighted by molar-refractivity contribution is 7.21. The number of aromatic nitrogens is 10. The fourth-order valence-corrected chi connectivity index (χ4v) is 10.6. The molecule has 1 amide bonds. The number of aliphatic hydroxyl groups is 2. The molecule has 8 rings (SSSR count). The molecule has 392 valence electrons. The van der Waals surface area contributed by atoms with E-state index in [4.69, 9.17) is 5.73 Å². The van der Waals surface area contributed by atoms with Gasteiger partial charge in [0, 0.05) is 11.1 Å². The molecule has 6 heterocycles. The van der Waals surface area contributed by atoms with Gasteiger partial charge in [-0.15, -0.1) is 22.0 Å². The van der Waals surface area contributed by atoms with Gasteiger partial charge in [0.25, 0.3) is 11.1 Å². The number of carboxylic acid groups (broad SMARTS) is 1. The predicted molar refractivity (Wildman–Crippen MR) is 276 cm³/mol. The van der Waals surface area contributed by atoms with E-state index in [0.29, 0.717) is 55.2 Å². The number of carboxylic acids is 1. The van der Waals surface area contributed by atoms with Crippen molar-refractivity contribution in [1.29, 1.82) is 0 Å². The molecule has 0 aliphatic rings. The maximum atomic E-state index is 14.0. The molecule has 0 bridgehead atoms. The molecule has 0 fully saturated rings. The number of carbonyl (C=O) groups is 2. The normalized spacial score (nSPS) is 12.3. The van der Waals surface area contributed by atoms with E-state index in [1.54, 1.807) is 26.0 Å². The van der Waals surface area contributed by atoms with Gasteiger partial charge in [0.05, 0.1) is 60.9 Å². The number of nitrogens with two attached hydrogens (primary N) is 1. The first-order chi connectivity index (χ1) is 33.0. The molecule has 8 aromatic rings. The minimum absolute atomic E-state index is 0. The van der Waals surface area contributed by atoms with Gasteiger partial charge in [0.15, 0.2) is 0 Å². The maximum Gasteiger partial charge on any atom is 0.333 e. The maximum absolute atomic E-state index is 14.0. The number of hydrogen-bond acceptors (Lipinski definition) is 15. The predicted octanol–water partition coefficient (Wildman–Crippen LogP) is 5.36. The number of benzene rings is 2. The SMILES string of the molecule is C.CCc1ccc(F)cc1[C@@H](O)Cn1c(=O)n(C(C)(C)C(=O)O)c(=O)c2c(C)c(-n3nccn3)sc21.CCc1ccc(F)cc1[C@@H](O)Cn1c(=O)n(C(C)(C)C(N)=O)c(=O)c2c(C)c(-n3nccn3)sc21.Cl.N. The Balaban J connectivity index is 0.000000304. The number of aliphatic hydroxyl groups excluding tert-OH is 2. The Hall–Kier alpha value is -7.03. The Bertz CT molecular complexity index is 3350. The van der Waals surface area contributed by atoms with Crippen LogP contribution in [0.15, 0.2) is 80.4 Å². The topological polar surface area (TPSA) is 305 Å². The molecule has 0 saturated heterocycles. The first kappa shape index (κ1) is 58.5. The van der Waals surface area contributed by atoms with Gasteiger partial charge < -0.3 is 27.2 Å². The monoisotopic (exact) mass is 1070 g/mol. The third-order valence-electron chi connectivity index (χ3n) is 12.2. The molecule has 0 unspecified atom stereocenters. The van der Waals surface area contributed by atoms with E-state index in [2.05, 4.69) is 20.4 Å². The number of halogens is 3. The number of fused-ring (bicyclic) bond motifs is 2. The summed E-state index contributed by atoms with van der Waals surface area (Å²) in [5.74, 6) is -3.30. The van der Waals surface area contributed by atoms with Crippen LogP contribution in [0, 0.1) is 25.5 Å². The standard InChI is InChI=1S/C23H25FN6O4S.C23H24FN5O5S.CH4.ClH.H3N/c1-5-13-6-7-14(24)10-15(13)16(31)11-28-20-17(12(2)19(35-20)30-26-8-9-27-30)18(32)29(22(28)34)23(3,4)21(25)33;1-5-13-6-7-14(24)10-15(13)16(30)11-27-20-17(12(2)19(35-20)29-25-8-9-26-29)18(31)28(22(27)34)23(3,4)21(32)33;;;/h6-10,16,31H,5,11H2,1-4H3,(H2,25,33);6-10,16,30H,5,11H2,1-4H3,(H,32,33);1H4;1H;1H3/t2*16-;;;/m00.../s1. The van der Waals surface area contributed by atoms with E-state index < -0.39 is 69.3 Å². The second-order valence-corrected chi connectivity index (χ2v) is 19.3. The number of amides is 1. The number of rotatable bonds is 14. The van der Waals surface area contributed by atoms with Gasteiger partial charge in [-0.2, -0.15) is 20.4 Å². The quantitative estimate of drug-likeness (QED) is 0.0917. The molecule has 0 aliphatic carbocycles. The first-order valence-corrected chi connectivity index (χ1v) is 23.4. The van der Waals surface area contributed by atoms with Gasteiger partial charge in [-0.05, 0) is 101 Å². The van der Waals surface area contributed by atoms with Crippen molar-refractivity contribution in [2.75, 3.05) is 0 Å². The minimum Gasteiger partial charge on any atom is -0.480 e. The molecule has 2 aromatic carbocycles. The highest BCUT2D eigenvalue weighted by Crippen LogP contribution is 2.34. The third kappa shape index (κ3) is 10.5. The Morgan fingerprint density at radius 3 is 1.33 bits per heavy atom. The number of hydrogen-bond donors (Lipinski definition) is 5. The number of aryl methyl sites for hydroxylation is 4. The van der Waals surface area contributed by atoms with Crippen LogP contribution < -0.4 is 34.4 Å². The minimum atomic E-state index is -1.87. The van der Waals surface area contributed by atoms with Crippen LogP contribution >= 0.6 is 35.1 Å². The number of carbonyl (C=O) groups excluding carboxylic acids is 1. The molecule has 26 heteroatoms. The fraction of sp³-hybridized carbons (Fsp3) is 0.362. The van der Waals surface area contributed by atoms with Crippen LogP contribution in [0.3, 0.4) is 0 Å². The summed E-state index contributed by atoms with van der Waals surface area (Å²) in [5.41, 5.74) is 1.87. The second-order valence-electron chi connectivity index (χ2n) is 17.3. The number of primary amides is 1. The summed E-state index contributed by atoms with van der Waals surface area (Å²) >= 11 is 2.17. The van der Waals surface area contributed by atoms with Crippen molar-refractivity contribution in [3.8, 4) is 10.0 Å². The van der Waals surface area contributed by atoms with Crippen molar-refractivity contribution in [1.82, 2.24) is 54.4 Å². The summed E-state index contributed by atoms with van der Waals surface area (Å²) in [6.07, 6.45) is 4.38. The number of nitrogens with zero attached hydrogens (tertiary/aromatic N) is 10. The van der Waals surface area contributed by atoms with E-state index in [9.17, 15) is 52.9 Å². The van der Waals surface area contributed by atoms with Crippen LogP contribution in [-0.4, -0.2) is 75.5 Å². The average molecular weight is 1070 g/mol. The molecule has 6 aromatic heterocycles. The van der Waals surface area contributed by atoms with Gasteiger partial charge in [-0.3, -0.25) is 23.5 Å². The van der Waals surface area contributed by atoms with Gasteiger partial charge in [-0.25, -0.2) is 32.3 Å². The largest absolute Gasteiger partial charge is 0.480 e. The molecule has 8 N–H and O–H groups in total. The van der Waals surface area contributed by atoms with Crippen LogP contribution in [0.2, 0.25) is 0 Å². The lowest BCUT2D eigenvalue weighted by Gasteiger charge is -2.25. The zero-order chi connectivity index (χ0) is 51.3. The van der Waals surface area contributed by atoms with E-state index in [1.807, 2.05) is 13.8 Å². The second kappa shape index (κ2) is 22.4. The summed E-state index contributed by atoms with van der Waals surface area (Å²) in [6.45, 7) is 11.7. The third-order valence-corrected chi connectivity index (χ3v) is 14.8. The van der Waals surface area contributed by atoms with Crippen LogP contribution in [0.5, 0.6) is 0 Å². The fourth-order valence-electron chi connectivity index (χ4n) is 8.14. The average Bonchev–Trinajstić information content (AvgIpc) is 4.14. The van der Waals surface area contributed by atoms with Crippen LogP contribution in [0.4, 0.5) is 8.78 Å². The molecule has 21 nitrogen and oxygen atoms in total. The summed E-state index contributed by atoms with van der Waals surface area (Å²) in [6, 6.07) is 8.19. The number of thiophene rings is 2. The molecular formula is C47H57ClF2N12O9S2. The molecule has 0 radical (unpaired) electrons. The van der Waals surface area contributed by atoms with Crippen LogP contribution in [0.25, 0.3) is 30.4 Å². The molecule has 0 spiro atoms. The molecule has 0 saturated carbocycles. The van der Waals surface area contributed by atoms with E-state index in [0.717, 1.165) is 32.8 Å². The highest BCUT2D eigenvalue weighted by Gasteiger charge is 2.37. The summed E-state index contributed by atoms with van der Waals surface area (Å²) < 4.78 is 31.9. The van der Waals surface area contributed by atoms with E-state index in [1.165, 1.54) is 95.5 Å². The lowest BCUT2D eigenvalue weighted by molar-refractivity contribution is -0.146. The summed E-state index contributed by atoms with van der Waals surface area (Å²) in [4.78, 5) is 81.6. The van der Waals surface area contributed by atoms with Gasteiger partial charge in [0.1, 0.15) is 42.4 Å². The summed E-state index contributed by atoms with van der Waals surface area (Å²) in [7, 11) is 0. The van der Waals surface area contributed by atoms with E-state index in [-0.39, 0.29) is 59.5 Å². The zero-order valence-electron chi connectivity index (χ0n) is 40.3. The Morgan fingerprint density at radius 2 is 1.01 bits per heavy atom. The van der Waals surface area contributed by atoms with Crippen molar-refractivity contribution < 1.29 is 33.7 Å². The van der Waals surface area contributed by atoms with Gasteiger partial charge in [-0.1, -0.05) is 56.1 Å². The van der Waals surface area contributed by atoms with Crippen molar-refractivity contribution in [2.45, 2.75) is 112 Å². The molecular weight excluding hydrogens is 1010 g/mol. The van der Waals surface area contributed by atoms with Gasteiger partial charge >= 0.3 is 17.3 Å². The van der Waals surface area contributed by atoms with Crippen LogP contribution in [-0.2, 0) is 46.6 Å². The van der Waals surface area contributed by atoms with Crippen LogP contribution in [0.1, 0.15) is 94.6 Å². The Labute approximate surface area is 429 Å². The van der Waals surface area contributed by atoms with Crippen molar-refractivity contribution >= 4 is 67.4 Å². The first-order valence-electron chi connectivity index (χ1n) is 21.8. The number of aliphatic carboxylic acids is 1. The zero-order valence-corrected chi connectivity index (χ0v) is 42.7. The Morgan fingerprint density at radius 1 is 0.671 bits per heavy atom. The van der Waals surface area contributed by atoms with Crippen molar-refractivity contribution in [3.63, 3.8) is 0 Å². The lowest BCUT2D eigenvalue weighted by Crippen LogP contribution is -2.54.